The monoisotopic (exact) mass is 319 g/mol. The molecular formula is C15H21N5OS. The summed E-state index contributed by atoms with van der Waals surface area (Å²) in [5, 5.41) is 5.50. The molecule has 22 heavy (non-hydrogen) atoms. The molecule has 1 unspecified atom stereocenters. The Morgan fingerprint density at radius 3 is 3.27 bits per heavy atom. The number of nitrogens with zero attached hydrogens (tertiary/aromatic N) is 4. The number of aromatic nitrogens is 2. The fourth-order valence-corrected chi connectivity index (χ4v) is 4.17. The molecule has 2 fully saturated rings. The fourth-order valence-electron chi connectivity index (χ4n) is 3.45. The quantitative estimate of drug-likeness (QED) is 0.674. The van der Waals surface area contributed by atoms with Crippen LogP contribution in [0.3, 0.4) is 0 Å². The van der Waals surface area contributed by atoms with Crippen molar-refractivity contribution in [3.05, 3.63) is 23.5 Å². The number of likely N-dealkylation sites (tertiary alicyclic amines) is 1. The lowest BCUT2D eigenvalue weighted by Gasteiger charge is -2.24. The van der Waals surface area contributed by atoms with Crippen LogP contribution in [0.2, 0.25) is 0 Å². The second-order valence-corrected chi connectivity index (χ2v) is 7.07. The second-order valence-electron chi connectivity index (χ2n) is 6.20. The molecule has 0 saturated carbocycles. The molecule has 6 nitrogen and oxygen atoms in total. The highest BCUT2D eigenvalue weighted by molar-refractivity contribution is 7.15. The van der Waals surface area contributed by atoms with Gasteiger partial charge in [-0.2, -0.15) is 0 Å². The highest BCUT2D eigenvalue weighted by atomic mass is 32.1. The van der Waals surface area contributed by atoms with Gasteiger partial charge in [-0.25, -0.2) is 4.98 Å². The third kappa shape index (κ3) is 2.48. The number of thiazole rings is 1. The number of hydrogen-bond acceptors (Lipinski definition) is 4. The molecule has 118 valence electrons. The first-order chi connectivity index (χ1) is 10.8. The van der Waals surface area contributed by atoms with Crippen LogP contribution in [0.15, 0.2) is 22.8 Å². The Labute approximate surface area is 133 Å². The van der Waals surface area contributed by atoms with Crippen molar-refractivity contribution in [3.8, 4) is 0 Å². The minimum Gasteiger partial charge on any atom is -0.381 e. The van der Waals surface area contributed by atoms with Gasteiger partial charge in [0.2, 0.25) is 0 Å². The molecule has 2 aromatic rings. The minimum atomic E-state index is 0.356. The van der Waals surface area contributed by atoms with Crippen LogP contribution in [-0.4, -0.2) is 53.6 Å². The Kier molecular flexibility index (Phi) is 3.54. The van der Waals surface area contributed by atoms with Crippen molar-refractivity contribution >= 4 is 22.3 Å². The molecule has 4 heterocycles. The van der Waals surface area contributed by atoms with E-state index in [0.29, 0.717) is 12.0 Å². The number of fused-ring (bicyclic) bond motifs is 1. The molecule has 0 aliphatic carbocycles. The van der Waals surface area contributed by atoms with Crippen molar-refractivity contribution < 1.29 is 4.74 Å². The van der Waals surface area contributed by atoms with Crippen molar-refractivity contribution in [3.63, 3.8) is 0 Å². The zero-order valence-electron chi connectivity index (χ0n) is 12.8. The van der Waals surface area contributed by atoms with Gasteiger partial charge in [0.25, 0.3) is 0 Å². The first-order valence-corrected chi connectivity index (χ1v) is 8.60. The molecule has 2 saturated heterocycles. The summed E-state index contributed by atoms with van der Waals surface area (Å²) in [5.74, 6) is 0.972. The van der Waals surface area contributed by atoms with Crippen molar-refractivity contribution in [1.82, 2.24) is 19.6 Å². The zero-order chi connectivity index (χ0) is 15.0. The Morgan fingerprint density at radius 1 is 1.55 bits per heavy atom. The fraction of sp³-hybridized carbons (Fsp3) is 0.600. The van der Waals surface area contributed by atoms with E-state index in [1.165, 1.54) is 12.8 Å². The lowest BCUT2D eigenvalue weighted by molar-refractivity contribution is 0.156. The average molecular weight is 319 g/mol. The second kappa shape index (κ2) is 5.55. The first-order valence-electron chi connectivity index (χ1n) is 7.72. The smallest absolute Gasteiger partial charge is 0.193 e. The van der Waals surface area contributed by atoms with Crippen LogP contribution < -0.4 is 5.32 Å². The van der Waals surface area contributed by atoms with Crippen molar-refractivity contribution in [2.24, 2.45) is 10.4 Å². The maximum absolute atomic E-state index is 5.60. The lowest BCUT2D eigenvalue weighted by Crippen LogP contribution is -2.41. The molecule has 0 radical (unpaired) electrons. The van der Waals surface area contributed by atoms with Gasteiger partial charge >= 0.3 is 0 Å². The minimum absolute atomic E-state index is 0.356. The van der Waals surface area contributed by atoms with Crippen LogP contribution in [-0.2, 0) is 11.3 Å². The van der Waals surface area contributed by atoms with Crippen LogP contribution in [0.4, 0.5) is 0 Å². The van der Waals surface area contributed by atoms with E-state index >= 15 is 0 Å². The van der Waals surface area contributed by atoms with E-state index < -0.39 is 0 Å². The van der Waals surface area contributed by atoms with Gasteiger partial charge in [0, 0.05) is 49.9 Å². The number of hydrogen-bond donors (Lipinski definition) is 1. The van der Waals surface area contributed by atoms with Crippen molar-refractivity contribution in [1.29, 1.82) is 0 Å². The number of ether oxygens (including phenoxy) is 1. The van der Waals surface area contributed by atoms with Gasteiger partial charge in [0.15, 0.2) is 10.9 Å². The Morgan fingerprint density at radius 2 is 2.50 bits per heavy atom. The van der Waals surface area contributed by atoms with Gasteiger partial charge in [0.1, 0.15) is 0 Å². The Bertz CT molecular complexity index is 656. The van der Waals surface area contributed by atoms with Crippen LogP contribution >= 0.6 is 11.3 Å². The number of nitrogens with one attached hydrogen (secondary N) is 1. The Hall–Kier alpha value is -1.60. The van der Waals surface area contributed by atoms with Crippen LogP contribution in [0, 0.1) is 5.41 Å². The third-order valence-electron chi connectivity index (χ3n) is 4.71. The van der Waals surface area contributed by atoms with E-state index in [1.54, 1.807) is 11.3 Å². The highest BCUT2D eigenvalue weighted by Crippen LogP contribution is 2.38. The molecule has 4 rings (SSSR count). The summed E-state index contributed by atoms with van der Waals surface area (Å²) in [6.07, 6.45) is 6.49. The van der Waals surface area contributed by atoms with Gasteiger partial charge in [-0.3, -0.25) is 9.39 Å². The topological polar surface area (TPSA) is 54.2 Å². The number of guanidine groups is 1. The SMILES string of the molecule is CN=C(NCc1cn2ccsc2n1)N1CCC2(CCOC2)C1. The van der Waals surface area contributed by atoms with Crippen LogP contribution in [0.1, 0.15) is 18.5 Å². The molecule has 2 aliphatic rings. The Balaban J connectivity index is 1.39. The maximum atomic E-state index is 5.60. The predicted molar refractivity (Wildman–Crippen MR) is 87.3 cm³/mol. The summed E-state index contributed by atoms with van der Waals surface area (Å²) in [6, 6.07) is 0. The molecule has 1 N–H and O–H groups in total. The summed E-state index contributed by atoms with van der Waals surface area (Å²) in [4.78, 5) is 12.4. The van der Waals surface area contributed by atoms with E-state index in [-0.39, 0.29) is 0 Å². The highest BCUT2D eigenvalue weighted by Gasteiger charge is 2.42. The zero-order valence-corrected chi connectivity index (χ0v) is 13.6. The van der Waals surface area contributed by atoms with Gasteiger partial charge in [-0.1, -0.05) is 0 Å². The van der Waals surface area contributed by atoms with Crippen molar-refractivity contribution in [2.75, 3.05) is 33.4 Å². The van der Waals surface area contributed by atoms with Crippen molar-refractivity contribution in [2.45, 2.75) is 19.4 Å². The lowest BCUT2D eigenvalue weighted by atomic mass is 9.87. The van der Waals surface area contributed by atoms with E-state index in [2.05, 4.69) is 30.8 Å². The molecule has 0 aromatic carbocycles. The van der Waals surface area contributed by atoms with Gasteiger partial charge in [0.05, 0.1) is 18.8 Å². The molecule has 1 atom stereocenters. The number of imidazole rings is 1. The average Bonchev–Trinajstić information content (AvgIpc) is 3.26. The van der Waals surface area contributed by atoms with Crippen LogP contribution in [0.5, 0.6) is 0 Å². The molecule has 2 aliphatic heterocycles. The van der Waals surface area contributed by atoms with E-state index in [0.717, 1.165) is 42.9 Å². The number of rotatable bonds is 2. The summed E-state index contributed by atoms with van der Waals surface area (Å²) < 4.78 is 7.66. The molecule has 0 amide bonds. The predicted octanol–water partition coefficient (Wildman–Crippen LogP) is 1.58. The van der Waals surface area contributed by atoms with Gasteiger partial charge in [-0.15, -0.1) is 11.3 Å². The summed E-state index contributed by atoms with van der Waals surface area (Å²) in [5.41, 5.74) is 1.40. The van der Waals surface area contributed by atoms with E-state index in [9.17, 15) is 0 Å². The van der Waals surface area contributed by atoms with Gasteiger partial charge < -0.3 is 15.0 Å². The largest absolute Gasteiger partial charge is 0.381 e. The maximum Gasteiger partial charge on any atom is 0.193 e. The van der Waals surface area contributed by atoms with E-state index in [4.69, 9.17) is 4.74 Å². The molecular weight excluding hydrogens is 298 g/mol. The summed E-state index contributed by atoms with van der Waals surface area (Å²) in [7, 11) is 1.85. The van der Waals surface area contributed by atoms with E-state index in [1.807, 2.05) is 18.6 Å². The van der Waals surface area contributed by atoms with Gasteiger partial charge in [-0.05, 0) is 12.8 Å². The summed E-state index contributed by atoms with van der Waals surface area (Å²) in [6.45, 7) is 4.62. The number of aliphatic imine (C=N–C) groups is 1. The first kappa shape index (κ1) is 14.0. The molecule has 0 bridgehead atoms. The summed E-state index contributed by atoms with van der Waals surface area (Å²) >= 11 is 1.66. The molecule has 2 aromatic heterocycles. The third-order valence-corrected chi connectivity index (χ3v) is 5.48. The molecule has 7 heteroatoms. The standard InChI is InChI=1S/C15H21N5OS/c1-16-13(20-4-2-15(10-20)3-6-21-11-15)17-8-12-9-19-5-7-22-14(19)18-12/h5,7,9H,2-4,6,8,10-11H2,1H3,(H,16,17). The van der Waals surface area contributed by atoms with Crippen LogP contribution in [0.25, 0.3) is 4.96 Å². The molecule has 1 spiro atoms. The normalized spacial score (nSPS) is 25.7.